The second-order valence-electron chi connectivity index (χ2n) is 8.08. The molecule has 1 aliphatic heterocycles. The first-order valence-corrected chi connectivity index (χ1v) is 9.52. The van der Waals surface area contributed by atoms with E-state index in [2.05, 4.69) is 10.4 Å². The number of rotatable bonds is 5. The first kappa shape index (κ1) is 19.0. The van der Waals surface area contributed by atoms with Crippen LogP contribution in [-0.2, 0) is 24.3 Å². The van der Waals surface area contributed by atoms with Gasteiger partial charge in [0.2, 0.25) is 0 Å². The molecule has 0 spiro atoms. The Bertz CT molecular complexity index is 1030. The van der Waals surface area contributed by atoms with Crippen LogP contribution in [0.5, 0.6) is 0 Å². The molecule has 1 amide bonds. The molecule has 3 heterocycles. The van der Waals surface area contributed by atoms with E-state index >= 15 is 0 Å². The van der Waals surface area contributed by atoms with Gasteiger partial charge < -0.3 is 14.5 Å². The molecule has 1 aliphatic rings. The molecule has 0 fully saturated rings. The highest BCUT2D eigenvalue weighted by Crippen LogP contribution is 2.29. The average molecular weight is 393 g/mol. The second kappa shape index (κ2) is 7.58. The molecular formula is C22H23N3O4. The molecule has 0 unspecified atom stereocenters. The van der Waals surface area contributed by atoms with Crippen molar-refractivity contribution in [3.05, 3.63) is 77.0 Å². The lowest BCUT2D eigenvalue weighted by molar-refractivity contribution is 0.0468. The number of ether oxygens (including phenoxy) is 1. The molecule has 0 atom stereocenters. The Balaban J connectivity index is 1.42. The summed E-state index contributed by atoms with van der Waals surface area (Å²) >= 11 is 0. The summed E-state index contributed by atoms with van der Waals surface area (Å²) in [5, 5.41) is 7.16. The maximum atomic E-state index is 12.6. The summed E-state index contributed by atoms with van der Waals surface area (Å²) in [5.41, 5.74) is 2.20. The van der Waals surface area contributed by atoms with Crippen molar-refractivity contribution in [2.24, 2.45) is 5.41 Å². The van der Waals surface area contributed by atoms with Gasteiger partial charge in [-0.15, -0.1) is 0 Å². The molecule has 7 nitrogen and oxygen atoms in total. The highest BCUT2D eigenvalue weighted by molar-refractivity contribution is 6.06. The molecule has 1 aromatic carbocycles. The number of hydrogen-bond acceptors (Lipinski definition) is 5. The van der Waals surface area contributed by atoms with Gasteiger partial charge in [0.05, 0.1) is 18.3 Å². The van der Waals surface area contributed by atoms with Gasteiger partial charge in [-0.3, -0.25) is 9.48 Å². The van der Waals surface area contributed by atoms with Gasteiger partial charge in [-0.25, -0.2) is 4.79 Å². The first-order valence-electron chi connectivity index (χ1n) is 9.52. The van der Waals surface area contributed by atoms with Crippen LogP contribution >= 0.6 is 0 Å². The summed E-state index contributed by atoms with van der Waals surface area (Å²) in [6.07, 6.45) is 5.39. The summed E-state index contributed by atoms with van der Waals surface area (Å²) in [4.78, 5) is 25.0. The minimum absolute atomic E-state index is 0.0701. The van der Waals surface area contributed by atoms with Gasteiger partial charge >= 0.3 is 5.97 Å². The Labute approximate surface area is 168 Å². The molecule has 150 valence electrons. The maximum absolute atomic E-state index is 12.6. The minimum atomic E-state index is -0.583. The van der Waals surface area contributed by atoms with Crippen LogP contribution in [0.15, 0.2) is 53.4 Å². The zero-order valence-electron chi connectivity index (χ0n) is 16.5. The van der Waals surface area contributed by atoms with Crippen LogP contribution in [0.25, 0.3) is 0 Å². The molecule has 0 saturated carbocycles. The summed E-state index contributed by atoms with van der Waals surface area (Å²) in [6.45, 7) is 5.30. The van der Waals surface area contributed by atoms with E-state index < -0.39 is 5.97 Å². The van der Waals surface area contributed by atoms with Crippen molar-refractivity contribution in [3.63, 3.8) is 0 Å². The standard InChI is InChI=1S/C22H23N3O4/c1-22(2)8-18-19(20(26)23-14-22)17(13-28-18)21(27)29-12-16-9-24-25(11-16)10-15-6-4-3-5-7-15/h3-7,9,11,13H,8,10,12,14H2,1-2H3,(H,23,26). The van der Waals surface area contributed by atoms with Crippen molar-refractivity contribution >= 4 is 11.9 Å². The van der Waals surface area contributed by atoms with Gasteiger partial charge in [0.25, 0.3) is 5.91 Å². The van der Waals surface area contributed by atoms with E-state index in [9.17, 15) is 9.59 Å². The molecule has 29 heavy (non-hydrogen) atoms. The number of amides is 1. The second-order valence-corrected chi connectivity index (χ2v) is 8.08. The maximum Gasteiger partial charge on any atom is 0.342 e. The van der Waals surface area contributed by atoms with Crippen molar-refractivity contribution in [1.82, 2.24) is 15.1 Å². The highest BCUT2D eigenvalue weighted by Gasteiger charge is 2.33. The molecule has 2 aromatic heterocycles. The number of hydrogen-bond donors (Lipinski definition) is 1. The van der Waals surface area contributed by atoms with Gasteiger partial charge in [0.15, 0.2) is 0 Å². The zero-order valence-corrected chi connectivity index (χ0v) is 16.5. The van der Waals surface area contributed by atoms with Crippen LogP contribution in [-0.4, -0.2) is 28.2 Å². The van der Waals surface area contributed by atoms with Crippen molar-refractivity contribution in [3.8, 4) is 0 Å². The van der Waals surface area contributed by atoms with Gasteiger partial charge in [0.1, 0.15) is 24.2 Å². The number of carbonyl (C=O) groups excluding carboxylic acids is 2. The molecule has 0 radical (unpaired) electrons. The average Bonchev–Trinajstić information content (AvgIpc) is 3.29. The van der Waals surface area contributed by atoms with Crippen LogP contribution < -0.4 is 5.32 Å². The van der Waals surface area contributed by atoms with E-state index in [-0.39, 0.29) is 29.1 Å². The van der Waals surface area contributed by atoms with Gasteiger partial charge in [-0.05, 0) is 11.0 Å². The first-order chi connectivity index (χ1) is 13.9. The van der Waals surface area contributed by atoms with Crippen LogP contribution in [0.3, 0.4) is 0 Å². The number of fused-ring (bicyclic) bond motifs is 1. The predicted molar refractivity (Wildman–Crippen MR) is 105 cm³/mol. The van der Waals surface area contributed by atoms with Gasteiger partial charge in [-0.2, -0.15) is 5.10 Å². The Hall–Kier alpha value is -3.35. The van der Waals surface area contributed by atoms with E-state index in [4.69, 9.17) is 9.15 Å². The monoisotopic (exact) mass is 393 g/mol. The number of carbonyl (C=O) groups is 2. The number of aromatic nitrogens is 2. The fourth-order valence-electron chi connectivity index (χ4n) is 3.40. The number of furan rings is 1. The Morgan fingerprint density at radius 2 is 2.07 bits per heavy atom. The van der Waals surface area contributed by atoms with Crippen molar-refractivity contribution in [2.75, 3.05) is 6.54 Å². The summed E-state index contributed by atoms with van der Waals surface area (Å²) in [5.74, 6) is -0.366. The Kier molecular flexibility index (Phi) is 4.96. The molecule has 1 N–H and O–H groups in total. The predicted octanol–water partition coefficient (Wildman–Crippen LogP) is 3.19. The van der Waals surface area contributed by atoms with Crippen LogP contribution in [0.2, 0.25) is 0 Å². The van der Waals surface area contributed by atoms with E-state index in [0.717, 1.165) is 11.1 Å². The lowest BCUT2D eigenvalue weighted by Crippen LogP contribution is -2.32. The quantitative estimate of drug-likeness (QED) is 0.673. The number of benzene rings is 1. The molecule has 0 aliphatic carbocycles. The van der Waals surface area contributed by atoms with Crippen LogP contribution in [0.1, 0.15) is 51.5 Å². The van der Waals surface area contributed by atoms with Gasteiger partial charge in [-0.1, -0.05) is 44.2 Å². The minimum Gasteiger partial charge on any atom is -0.468 e. The van der Waals surface area contributed by atoms with Crippen molar-refractivity contribution in [1.29, 1.82) is 0 Å². The third-order valence-corrected chi connectivity index (χ3v) is 4.92. The third kappa shape index (κ3) is 4.23. The van der Waals surface area contributed by atoms with Crippen LogP contribution in [0.4, 0.5) is 0 Å². The molecule has 3 aromatic rings. The zero-order chi connectivity index (χ0) is 20.4. The lowest BCUT2D eigenvalue weighted by atomic mass is 9.88. The molecule has 0 saturated heterocycles. The van der Waals surface area contributed by atoms with E-state index in [1.165, 1.54) is 6.26 Å². The summed E-state index contributed by atoms with van der Waals surface area (Å²) in [6, 6.07) is 9.98. The van der Waals surface area contributed by atoms with E-state index in [1.54, 1.807) is 10.9 Å². The highest BCUT2D eigenvalue weighted by atomic mass is 16.5. The normalized spacial score (nSPS) is 15.3. The number of nitrogens with one attached hydrogen (secondary N) is 1. The van der Waals surface area contributed by atoms with E-state index in [0.29, 0.717) is 25.3 Å². The van der Waals surface area contributed by atoms with Gasteiger partial charge in [0, 0.05) is 24.7 Å². The third-order valence-electron chi connectivity index (χ3n) is 4.92. The SMILES string of the molecule is CC1(C)CNC(=O)c2c(C(=O)OCc3cnn(Cc4ccccc4)c3)coc2C1. The smallest absolute Gasteiger partial charge is 0.342 e. The summed E-state index contributed by atoms with van der Waals surface area (Å²) in [7, 11) is 0. The largest absolute Gasteiger partial charge is 0.468 e. The Morgan fingerprint density at radius 1 is 1.28 bits per heavy atom. The summed E-state index contributed by atoms with van der Waals surface area (Å²) < 4.78 is 12.7. The molecule has 4 rings (SSSR count). The fraction of sp³-hybridized carbons (Fsp3) is 0.318. The number of nitrogens with zero attached hydrogens (tertiary/aromatic N) is 2. The fourth-order valence-corrected chi connectivity index (χ4v) is 3.40. The number of esters is 1. The van der Waals surface area contributed by atoms with Crippen LogP contribution in [0, 0.1) is 5.41 Å². The Morgan fingerprint density at radius 3 is 2.86 bits per heavy atom. The lowest BCUT2D eigenvalue weighted by Gasteiger charge is -2.20. The topological polar surface area (TPSA) is 86.4 Å². The molecular weight excluding hydrogens is 370 g/mol. The van der Waals surface area contributed by atoms with E-state index in [1.807, 2.05) is 50.4 Å². The molecule has 7 heteroatoms. The molecule has 0 bridgehead atoms. The van der Waals surface area contributed by atoms with Crippen molar-refractivity contribution < 1.29 is 18.7 Å². The van der Waals surface area contributed by atoms with Crippen molar-refractivity contribution in [2.45, 2.75) is 33.4 Å².